The second-order valence-corrected chi connectivity index (χ2v) is 6.84. The Balaban J connectivity index is 3.04. The molecule has 0 aliphatic heterocycles. The first-order valence-electron chi connectivity index (χ1n) is 10.3. The lowest BCUT2D eigenvalue weighted by Crippen LogP contribution is -2.24. The fourth-order valence-corrected chi connectivity index (χ4v) is 2.90. The summed E-state index contributed by atoms with van der Waals surface area (Å²) in [5.74, 6) is 0.158. The molecule has 0 rings (SSSR count). The molecule has 0 radical (unpaired) electrons. The molecule has 0 spiro atoms. The third-order valence-electron chi connectivity index (χ3n) is 4.46. The summed E-state index contributed by atoms with van der Waals surface area (Å²) in [6.45, 7) is 3.72. The SMILES string of the molecule is CCCCCCCCCCCCCCCCNC(=O)CCCN. The first-order valence-corrected chi connectivity index (χ1v) is 10.3. The van der Waals surface area contributed by atoms with Gasteiger partial charge in [-0.1, -0.05) is 90.4 Å². The molecule has 0 saturated heterocycles. The van der Waals surface area contributed by atoms with E-state index in [1.54, 1.807) is 0 Å². The van der Waals surface area contributed by atoms with E-state index in [0.29, 0.717) is 13.0 Å². The molecule has 1 amide bonds. The van der Waals surface area contributed by atoms with Gasteiger partial charge in [0.2, 0.25) is 5.91 Å². The normalized spacial score (nSPS) is 10.9. The van der Waals surface area contributed by atoms with Crippen LogP contribution < -0.4 is 11.1 Å². The zero-order valence-corrected chi connectivity index (χ0v) is 15.7. The highest BCUT2D eigenvalue weighted by atomic mass is 16.1. The van der Waals surface area contributed by atoms with Gasteiger partial charge in [0, 0.05) is 13.0 Å². The van der Waals surface area contributed by atoms with Crippen molar-refractivity contribution in [3.05, 3.63) is 0 Å². The molecule has 0 unspecified atom stereocenters. The number of nitrogens with one attached hydrogen (secondary N) is 1. The van der Waals surface area contributed by atoms with Crippen LogP contribution in [-0.2, 0) is 4.79 Å². The molecule has 0 heterocycles. The van der Waals surface area contributed by atoms with Crippen LogP contribution in [0.15, 0.2) is 0 Å². The average molecular weight is 327 g/mol. The fourth-order valence-electron chi connectivity index (χ4n) is 2.90. The molecule has 0 bridgehead atoms. The number of carbonyl (C=O) groups is 1. The molecule has 0 aromatic heterocycles. The number of unbranched alkanes of at least 4 members (excludes halogenated alkanes) is 13. The second kappa shape index (κ2) is 19.5. The van der Waals surface area contributed by atoms with E-state index in [-0.39, 0.29) is 5.91 Å². The van der Waals surface area contributed by atoms with Gasteiger partial charge in [0.1, 0.15) is 0 Å². The quantitative estimate of drug-likeness (QED) is 0.335. The summed E-state index contributed by atoms with van der Waals surface area (Å²) in [6, 6.07) is 0. The van der Waals surface area contributed by atoms with Gasteiger partial charge in [-0.05, 0) is 19.4 Å². The molecule has 3 heteroatoms. The summed E-state index contributed by atoms with van der Waals surface area (Å²) in [5, 5.41) is 2.97. The molecule has 0 aliphatic carbocycles. The van der Waals surface area contributed by atoms with Gasteiger partial charge in [0.25, 0.3) is 0 Å². The zero-order chi connectivity index (χ0) is 17.0. The Labute approximate surface area is 145 Å². The Kier molecular flexibility index (Phi) is 19.0. The summed E-state index contributed by atoms with van der Waals surface area (Å²) < 4.78 is 0. The maximum atomic E-state index is 11.4. The van der Waals surface area contributed by atoms with Crippen molar-refractivity contribution in [2.45, 2.75) is 110 Å². The Morgan fingerprint density at radius 3 is 1.57 bits per heavy atom. The van der Waals surface area contributed by atoms with Crippen molar-refractivity contribution in [3.8, 4) is 0 Å². The molecule has 138 valence electrons. The van der Waals surface area contributed by atoms with E-state index in [1.807, 2.05) is 0 Å². The lowest BCUT2D eigenvalue weighted by atomic mass is 10.0. The van der Waals surface area contributed by atoms with Crippen molar-refractivity contribution in [2.24, 2.45) is 5.73 Å². The van der Waals surface area contributed by atoms with Crippen LogP contribution in [0.1, 0.15) is 110 Å². The smallest absolute Gasteiger partial charge is 0.220 e. The minimum Gasteiger partial charge on any atom is -0.356 e. The third kappa shape index (κ3) is 19.4. The van der Waals surface area contributed by atoms with Crippen LogP contribution in [0.4, 0.5) is 0 Å². The van der Waals surface area contributed by atoms with Gasteiger partial charge >= 0.3 is 0 Å². The Bertz CT molecular complexity index is 244. The summed E-state index contributed by atoms with van der Waals surface area (Å²) >= 11 is 0. The van der Waals surface area contributed by atoms with E-state index in [2.05, 4.69) is 12.2 Å². The zero-order valence-electron chi connectivity index (χ0n) is 15.7. The first-order chi connectivity index (χ1) is 11.3. The maximum absolute atomic E-state index is 11.4. The molecular formula is C20H42N2O. The van der Waals surface area contributed by atoms with Crippen LogP contribution in [0.5, 0.6) is 0 Å². The van der Waals surface area contributed by atoms with Crippen LogP contribution in [0.3, 0.4) is 0 Å². The van der Waals surface area contributed by atoms with Gasteiger partial charge in [0.15, 0.2) is 0 Å². The van der Waals surface area contributed by atoms with Crippen molar-refractivity contribution in [1.29, 1.82) is 0 Å². The van der Waals surface area contributed by atoms with Crippen molar-refractivity contribution in [1.82, 2.24) is 5.32 Å². The molecule has 3 N–H and O–H groups in total. The number of hydrogen-bond acceptors (Lipinski definition) is 2. The standard InChI is InChI=1S/C20H42N2O/c1-2-3-4-5-6-7-8-9-10-11-12-13-14-15-19-22-20(23)17-16-18-21/h2-19,21H2,1H3,(H,22,23). The Morgan fingerprint density at radius 2 is 1.13 bits per heavy atom. The van der Waals surface area contributed by atoms with Gasteiger partial charge in [-0.25, -0.2) is 0 Å². The largest absolute Gasteiger partial charge is 0.356 e. The predicted molar refractivity (Wildman–Crippen MR) is 102 cm³/mol. The topological polar surface area (TPSA) is 55.1 Å². The molecule has 0 aliphatic rings. The predicted octanol–water partition coefficient (Wildman–Crippen LogP) is 5.32. The highest BCUT2D eigenvalue weighted by molar-refractivity contribution is 5.75. The van der Waals surface area contributed by atoms with E-state index in [0.717, 1.165) is 19.4 Å². The second-order valence-electron chi connectivity index (χ2n) is 6.84. The molecule has 0 aromatic carbocycles. The Hall–Kier alpha value is -0.570. The molecule has 0 fully saturated rings. The molecular weight excluding hydrogens is 284 g/mol. The van der Waals surface area contributed by atoms with Gasteiger partial charge in [-0.3, -0.25) is 4.79 Å². The van der Waals surface area contributed by atoms with Gasteiger partial charge in [-0.15, -0.1) is 0 Å². The summed E-state index contributed by atoms with van der Waals surface area (Å²) in [7, 11) is 0. The molecule has 0 atom stereocenters. The summed E-state index contributed by atoms with van der Waals surface area (Å²) in [4.78, 5) is 11.4. The van der Waals surface area contributed by atoms with Crippen LogP contribution >= 0.6 is 0 Å². The molecule has 0 saturated carbocycles. The Morgan fingerprint density at radius 1 is 0.696 bits per heavy atom. The van der Waals surface area contributed by atoms with Crippen molar-refractivity contribution < 1.29 is 4.79 Å². The molecule has 23 heavy (non-hydrogen) atoms. The summed E-state index contributed by atoms with van der Waals surface area (Å²) in [6.07, 6.45) is 20.6. The van der Waals surface area contributed by atoms with E-state index < -0.39 is 0 Å². The monoisotopic (exact) mass is 326 g/mol. The highest BCUT2D eigenvalue weighted by Gasteiger charge is 1.99. The van der Waals surface area contributed by atoms with Crippen LogP contribution in [-0.4, -0.2) is 19.0 Å². The van der Waals surface area contributed by atoms with Gasteiger partial charge in [-0.2, -0.15) is 0 Å². The average Bonchev–Trinajstić information content (AvgIpc) is 2.56. The maximum Gasteiger partial charge on any atom is 0.220 e. The van der Waals surface area contributed by atoms with E-state index >= 15 is 0 Å². The number of rotatable bonds is 18. The van der Waals surface area contributed by atoms with Gasteiger partial charge < -0.3 is 11.1 Å². The number of hydrogen-bond donors (Lipinski definition) is 2. The van der Waals surface area contributed by atoms with E-state index in [4.69, 9.17) is 5.73 Å². The highest BCUT2D eigenvalue weighted by Crippen LogP contribution is 2.12. The summed E-state index contributed by atoms with van der Waals surface area (Å²) in [5.41, 5.74) is 5.38. The van der Waals surface area contributed by atoms with Crippen molar-refractivity contribution in [3.63, 3.8) is 0 Å². The lowest BCUT2D eigenvalue weighted by Gasteiger charge is -2.05. The third-order valence-corrected chi connectivity index (χ3v) is 4.46. The minimum absolute atomic E-state index is 0.158. The lowest BCUT2D eigenvalue weighted by molar-refractivity contribution is -0.121. The fraction of sp³-hybridized carbons (Fsp3) is 0.950. The first kappa shape index (κ1) is 22.4. The van der Waals surface area contributed by atoms with Gasteiger partial charge in [0.05, 0.1) is 0 Å². The van der Waals surface area contributed by atoms with Crippen LogP contribution in [0.25, 0.3) is 0 Å². The molecule has 0 aromatic rings. The van der Waals surface area contributed by atoms with E-state index in [9.17, 15) is 4.79 Å². The van der Waals surface area contributed by atoms with Crippen molar-refractivity contribution in [2.75, 3.05) is 13.1 Å². The van der Waals surface area contributed by atoms with Crippen LogP contribution in [0, 0.1) is 0 Å². The number of carbonyl (C=O) groups excluding carboxylic acids is 1. The van der Waals surface area contributed by atoms with Crippen molar-refractivity contribution >= 4 is 5.91 Å². The van der Waals surface area contributed by atoms with Crippen LogP contribution in [0.2, 0.25) is 0 Å². The number of amides is 1. The number of nitrogens with two attached hydrogens (primary N) is 1. The minimum atomic E-state index is 0.158. The van der Waals surface area contributed by atoms with E-state index in [1.165, 1.54) is 83.5 Å². The molecule has 3 nitrogen and oxygen atoms in total.